The maximum atomic E-state index is 10.7. The second-order valence-corrected chi connectivity index (χ2v) is 4.88. The summed E-state index contributed by atoms with van der Waals surface area (Å²) in [6, 6.07) is 0. The molecular weight excluding hydrogens is 420 g/mol. The monoisotopic (exact) mass is 418 g/mol. The number of aromatic hydroxyl groups is 1. The van der Waals surface area contributed by atoms with Crippen LogP contribution in [-0.2, 0) is 0 Å². The molecule has 0 aliphatic carbocycles. The fraction of sp³-hybridized carbons (Fsp3) is 0. The fourth-order valence-corrected chi connectivity index (χ4v) is 2.52. The van der Waals surface area contributed by atoms with Crippen LogP contribution in [-0.4, -0.2) is 15.0 Å². The van der Waals surface area contributed by atoms with Gasteiger partial charge in [-0.05, 0) is 47.8 Å². The lowest BCUT2D eigenvalue weighted by molar-refractivity contribution is -0.423. The summed E-state index contributed by atoms with van der Waals surface area (Å²) in [4.78, 5) is 19.4. The Labute approximate surface area is 113 Å². The van der Waals surface area contributed by atoms with Crippen molar-refractivity contribution in [3.8, 4) is 5.75 Å². The summed E-state index contributed by atoms with van der Waals surface area (Å²) in [7, 11) is 0. The first kappa shape index (κ1) is 13.3. The third kappa shape index (κ3) is 2.04. The van der Waals surface area contributed by atoms with Crippen molar-refractivity contribution in [3.63, 3.8) is 0 Å². The average Bonchev–Trinajstić information content (AvgIpc) is 2.18. The van der Waals surface area contributed by atoms with Crippen LogP contribution in [0, 0.1) is 20.2 Å². The molecule has 16 heavy (non-hydrogen) atoms. The van der Waals surface area contributed by atoms with E-state index in [2.05, 4.69) is 47.8 Å². The Morgan fingerprint density at radius 3 is 1.69 bits per heavy atom. The van der Waals surface area contributed by atoms with Crippen LogP contribution in [0.2, 0.25) is 0 Å². The second kappa shape index (κ2) is 4.63. The van der Waals surface area contributed by atoms with E-state index >= 15 is 0 Å². The Morgan fingerprint density at radius 1 is 0.875 bits per heavy atom. The number of nitro benzene ring substituents is 2. The lowest BCUT2D eigenvalue weighted by Crippen LogP contribution is -1.99. The molecule has 0 aliphatic rings. The average molecular weight is 421 g/mol. The molecule has 0 radical (unpaired) electrons. The van der Waals surface area contributed by atoms with E-state index in [0.717, 1.165) is 0 Å². The van der Waals surface area contributed by atoms with Gasteiger partial charge in [0, 0.05) is 0 Å². The van der Waals surface area contributed by atoms with Gasteiger partial charge in [-0.3, -0.25) is 20.2 Å². The number of phenolic OH excluding ortho intramolecular Hbond substituents is 1. The molecule has 0 saturated heterocycles. The predicted molar refractivity (Wildman–Crippen MR) is 64.5 cm³/mol. The van der Waals surface area contributed by atoms with E-state index in [9.17, 15) is 25.3 Å². The van der Waals surface area contributed by atoms with Gasteiger partial charge in [-0.1, -0.05) is 0 Å². The van der Waals surface area contributed by atoms with Crippen LogP contribution in [0.15, 0.2) is 13.4 Å². The van der Waals surface area contributed by atoms with Crippen LogP contribution in [0.5, 0.6) is 5.75 Å². The third-order valence-electron chi connectivity index (χ3n) is 1.61. The van der Waals surface area contributed by atoms with Gasteiger partial charge in [-0.25, -0.2) is 0 Å². The van der Waals surface area contributed by atoms with Crippen LogP contribution >= 0.6 is 47.8 Å². The Morgan fingerprint density at radius 2 is 1.31 bits per heavy atom. The number of phenols is 1. The summed E-state index contributed by atoms with van der Waals surface area (Å²) in [6.07, 6.45) is 0. The molecule has 10 heteroatoms. The largest absolute Gasteiger partial charge is 0.501 e. The van der Waals surface area contributed by atoms with Crippen molar-refractivity contribution < 1.29 is 15.0 Å². The van der Waals surface area contributed by atoms with Gasteiger partial charge in [-0.15, -0.1) is 0 Å². The summed E-state index contributed by atoms with van der Waals surface area (Å²) in [6.45, 7) is 0. The summed E-state index contributed by atoms with van der Waals surface area (Å²) in [5, 5.41) is 30.8. The first-order valence-electron chi connectivity index (χ1n) is 3.47. The molecule has 7 nitrogen and oxygen atoms in total. The molecule has 0 saturated carbocycles. The van der Waals surface area contributed by atoms with Gasteiger partial charge in [0.15, 0.2) is 0 Å². The maximum Gasteiger partial charge on any atom is 0.389 e. The topological polar surface area (TPSA) is 107 Å². The van der Waals surface area contributed by atoms with Crippen molar-refractivity contribution in [1.82, 2.24) is 0 Å². The van der Waals surface area contributed by atoms with E-state index in [1.54, 1.807) is 0 Å². The van der Waals surface area contributed by atoms with Gasteiger partial charge in [0.1, 0.15) is 4.47 Å². The minimum atomic E-state index is -1.02. The first-order chi connectivity index (χ1) is 7.29. The van der Waals surface area contributed by atoms with Crippen molar-refractivity contribution in [2.75, 3.05) is 0 Å². The SMILES string of the molecule is O=[N+]([O-])c1c(O)c(Br)c(Br)c(Br)c1[N+](=O)[O-]. The van der Waals surface area contributed by atoms with Crippen molar-refractivity contribution in [2.45, 2.75) is 0 Å². The van der Waals surface area contributed by atoms with Crippen molar-refractivity contribution >= 4 is 59.2 Å². The molecule has 1 aromatic rings. The molecule has 0 atom stereocenters. The zero-order valence-corrected chi connectivity index (χ0v) is 11.9. The highest BCUT2D eigenvalue weighted by atomic mass is 79.9. The minimum absolute atomic E-state index is 0.0309. The zero-order valence-electron chi connectivity index (χ0n) is 7.11. The fourth-order valence-electron chi connectivity index (χ4n) is 0.964. The predicted octanol–water partition coefficient (Wildman–Crippen LogP) is 3.50. The van der Waals surface area contributed by atoms with Crippen LogP contribution < -0.4 is 0 Å². The lowest BCUT2D eigenvalue weighted by Gasteiger charge is -2.04. The number of rotatable bonds is 2. The highest BCUT2D eigenvalue weighted by molar-refractivity contribution is 9.14. The molecule has 0 spiro atoms. The van der Waals surface area contributed by atoms with Gasteiger partial charge < -0.3 is 5.11 Å². The van der Waals surface area contributed by atoms with Gasteiger partial charge >= 0.3 is 11.4 Å². The normalized spacial score (nSPS) is 10.2. The minimum Gasteiger partial charge on any atom is -0.501 e. The van der Waals surface area contributed by atoms with Gasteiger partial charge in [0.2, 0.25) is 5.75 Å². The first-order valence-corrected chi connectivity index (χ1v) is 5.85. The highest BCUT2D eigenvalue weighted by Gasteiger charge is 2.36. The molecule has 1 aromatic carbocycles. The van der Waals surface area contributed by atoms with E-state index in [0.29, 0.717) is 0 Å². The zero-order chi connectivity index (χ0) is 12.6. The summed E-state index contributed by atoms with van der Waals surface area (Å²) in [5.41, 5.74) is -1.77. The summed E-state index contributed by atoms with van der Waals surface area (Å²) in [5.74, 6) is -0.799. The molecule has 1 N–H and O–H groups in total. The third-order valence-corrected chi connectivity index (χ3v) is 5.02. The van der Waals surface area contributed by atoms with E-state index in [4.69, 9.17) is 0 Å². The maximum absolute atomic E-state index is 10.7. The van der Waals surface area contributed by atoms with E-state index in [1.165, 1.54) is 0 Å². The summed E-state index contributed by atoms with van der Waals surface area (Å²) >= 11 is 8.68. The number of hydrogen-bond acceptors (Lipinski definition) is 5. The van der Waals surface area contributed by atoms with Crippen LogP contribution in [0.1, 0.15) is 0 Å². The standard InChI is InChI=1S/C6HBr3N2O5/c7-1-2(8)4(10(13)14)5(11(15)16)6(12)3(1)9/h12H. The Balaban J connectivity index is 3.83. The smallest absolute Gasteiger partial charge is 0.389 e. The molecule has 1 rings (SSSR count). The van der Waals surface area contributed by atoms with Crippen molar-refractivity contribution in [2.24, 2.45) is 0 Å². The Bertz CT molecular complexity index is 459. The van der Waals surface area contributed by atoms with Crippen LogP contribution in [0.3, 0.4) is 0 Å². The quantitative estimate of drug-likeness (QED) is 0.447. The van der Waals surface area contributed by atoms with Gasteiger partial charge in [-0.2, -0.15) is 0 Å². The molecule has 0 bridgehead atoms. The number of hydrogen-bond donors (Lipinski definition) is 1. The number of nitro groups is 2. The highest BCUT2D eigenvalue weighted by Crippen LogP contribution is 2.50. The molecule has 0 amide bonds. The van der Waals surface area contributed by atoms with E-state index in [1.807, 2.05) is 0 Å². The number of nitrogens with zero attached hydrogens (tertiary/aromatic N) is 2. The molecule has 0 aromatic heterocycles. The lowest BCUT2D eigenvalue weighted by atomic mass is 10.2. The second-order valence-electron chi connectivity index (χ2n) is 2.50. The van der Waals surface area contributed by atoms with E-state index in [-0.39, 0.29) is 13.4 Å². The van der Waals surface area contributed by atoms with Gasteiger partial charge in [0.05, 0.1) is 18.8 Å². The molecule has 0 fully saturated rings. The van der Waals surface area contributed by atoms with Crippen molar-refractivity contribution in [3.05, 3.63) is 33.6 Å². The molecule has 0 heterocycles. The summed E-state index contributed by atoms with van der Waals surface area (Å²) < 4.78 is -0.0205. The van der Waals surface area contributed by atoms with Crippen LogP contribution in [0.4, 0.5) is 11.4 Å². The number of benzene rings is 1. The van der Waals surface area contributed by atoms with E-state index < -0.39 is 27.0 Å². The van der Waals surface area contributed by atoms with Crippen molar-refractivity contribution in [1.29, 1.82) is 0 Å². The van der Waals surface area contributed by atoms with Crippen LogP contribution in [0.25, 0.3) is 0 Å². The Kier molecular flexibility index (Phi) is 3.86. The molecule has 0 unspecified atom stereocenters. The number of halogens is 3. The molecular formula is C6HBr3N2O5. The van der Waals surface area contributed by atoms with Gasteiger partial charge in [0.25, 0.3) is 0 Å². The molecule has 86 valence electrons. The molecule has 0 aliphatic heterocycles. The Hall–Kier alpha value is -0.740.